The highest BCUT2D eigenvalue weighted by atomic mass is 16.7. The van der Waals surface area contributed by atoms with Crippen molar-refractivity contribution in [1.29, 1.82) is 0 Å². The minimum absolute atomic E-state index is 0.0655. The van der Waals surface area contributed by atoms with E-state index in [9.17, 15) is 14.9 Å². The molecule has 1 unspecified atom stereocenters. The maximum absolute atomic E-state index is 12.0. The number of nitro benzene ring substituents is 1. The van der Waals surface area contributed by atoms with Crippen LogP contribution >= 0.6 is 0 Å². The fourth-order valence-corrected chi connectivity index (χ4v) is 5.50. The van der Waals surface area contributed by atoms with Gasteiger partial charge in [-0.05, 0) is 59.6 Å². The smallest absolute Gasteiger partial charge is 0.344 e. The van der Waals surface area contributed by atoms with Gasteiger partial charge >= 0.3 is 5.97 Å². The number of rotatable bonds is 13. The summed E-state index contributed by atoms with van der Waals surface area (Å²) in [5.41, 5.74) is 4.68. The van der Waals surface area contributed by atoms with Crippen molar-refractivity contribution in [1.82, 2.24) is 4.90 Å². The van der Waals surface area contributed by atoms with Crippen molar-refractivity contribution in [2.45, 2.75) is 44.6 Å². The van der Waals surface area contributed by atoms with E-state index in [1.54, 1.807) is 6.07 Å². The molecule has 44 heavy (non-hydrogen) atoms. The van der Waals surface area contributed by atoms with Gasteiger partial charge in [0.05, 0.1) is 18.1 Å². The maximum Gasteiger partial charge on any atom is 0.344 e. The molecule has 1 heterocycles. The van der Waals surface area contributed by atoms with Gasteiger partial charge in [-0.15, -0.1) is 0 Å². The van der Waals surface area contributed by atoms with E-state index in [0.717, 1.165) is 62.1 Å². The molecule has 0 aromatic heterocycles. The fourth-order valence-electron chi connectivity index (χ4n) is 5.50. The monoisotopic (exact) mass is 594 g/mol. The molecule has 2 atom stereocenters. The van der Waals surface area contributed by atoms with Crippen molar-refractivity contribution < 1.29 is 23.9 Å². The molecule has 0 N–H and O–H groups in total. The number of methoxy groups -OCH3 is 1. The Kier molecular flexibility index (Phi) is 10.9. The number of benzene rings is 4. The molecule has 8 heteroatoms. The molecule has 0 amide bonds. The minimum Gasteiger partial charge on any atom is -0.465 e. The topological polar surface area (TPSA) is 91.1 Å². The highest BCUT2D eigenvalue weighted by Gasteiger charge is 2.24. The number of hydrogen-bond acceptors (Lipinski definition) is 7. The third kappa shape index (κ3) is 8.38. The maximum atomic E-state index is 12.0. The van der Waals surface area contributed by atoms with Gasteiger partial charge in [-0.2, -0.15) is 0 Å². The third-order valence-electron chi connectivity index (χ3n) is 7.90. The zero-order chi connectivity index (χ0) is 30.7. The lowest BCUT2D eigenvalue weighted by Gasteiger charge is -2.32. The molecular weight excluding hydrogens is 556 g/mol. The summed E-state index contributed by atoms with van der Waals surface area (Å²) >= 11 is 0. The lowest BCUT2D eigenvalue weighted by molar-refractivity contribution is -0.385. The van der Waals surface area contributed by atoms with Gasteiger partial charge in [0.25, 0.3) is 5.69 Å². The van der Waals surface area contributed by atoms with Crippen molar-refractivity contribution in [2.24, 2.45) is 0 Å². The molecule has 1 fully saturated rings. The summed E-state index contributed by atoms with van der Waals surface area (Å²) in [6.45, 7) is 3.05. The van der Waals surface area contributed by atoms with Crippen molar-refractivity contribution in [3.63, 3.8) is 0 Å². The van der Waals surface area contributed by atoms with Gasteiger partial charge in [-0.1, -0.05) is 91.0 Å². The second-order valence-electron chi connectivity index (χ2n) is 11.0. The summed E-state index contributed by atoms with van der Waals surface area (Å²) in [5, 5.41) is 11.6. The Hall–Kier alpha value is -4.37. The summed E-state index contributed by atoms with van der Waals surface area (Å²) in [5.74, 6) is -0.732. The summed E-state index contributed by atoms with van der Waals surface area (Å²) < 4.78 is 17.2. The number of carbonyl (C=O) groups excluding carboxylic acids is 1. The summed E-state index contributed by atoms with van der Waals surface area (Å²) in [6, 6.07) is 33.4. The van der Waals surface area contributed by atoms with E-state index >= 15 is 0 Å². The average Bonchev–Trinajstić information content (AvgIpc) is 3.07. The molecule has 4 aromatic rings. The van der Waals surface area contributed by atoms with Crippen LogP contribution in [0.2, 0.25) is 0 Å². The molecule has 4 aromatic carbocycles. The molecule has 1 aliphatic heterocycles. The fraction of sp³-hybridized carbons (Fsp3) is 0.306. The van der Waals surface area contributed by atoms with Crippen LogP contribution in [-0.4, -0.2) is 48.9 Å². The highest BCUT2D eigenvalue weighted by Crippen LogP contribution is 2.29. The normalized spacial score (nSPS) is 15.5. The van der Waals surface area contributed by atoms with Crippen LogP contribution in [0.3, 0.4) is 0 Å². The standard InChI is InChI=1S/C36H38N2O6/c1-42-36(39)32-20-19-31(24-33(32)38(40)41)29-17-15-27(16-18-29)21-22-37(25-28-10-4-2-5-11-28)26-34(30-12-6-3-7-13-30)44-35-14-8-9-23-43-35/h2-7,10-13,15-20,24,34-35H,8-9,14,21-23,25-26H2,1H3/t34-,35?/m0/s1. The van der Waals surface area contributed by atoms with Gasteiger partial charge in [0, 0.05) is 32.3 Å². The van der Waals surface area contributed by atoms with E-state index in [0.29, 0.717) is 12.1 Å². The zero-order valence-electron chi connectivity index (χ0n) is 25.0. The lowest BCUT2D eigenvalue weighted by atomic mass is 10.00. The van der Waals surface area contributed by atoms with Gasteiger partial charge in [0.1, 0.15) is 5.56 Å². The van der Waals surface area contributed by atoms with Crippen molar-refractivity contribution in [3.05, 3.63) is 135 Å². The van der Waals surface area contributed by atoms with E-state index < -0.39 is 10.9 Å². The average molecular weight is 595 g/mol. The number of nitrogens with zero attached hydrogens (tertiary/aromatic N) is 2. The van der Waals surface area contributed by atoms with Crippen LogP contribution in [0.5, 0.6) is 0 Å². The van der Waals surface area contributed by atoms with Gasteiger partial charge in [0.2, 0.25) is 0 Å². The van der Waals surface area contributed by atoms with E-state index in [4.69, 9.17) is 14.2 Å². The number of nitro groups is 1. The van der Waals surface area contributed by atoms with Crippen molar-refractivity contribution >= 4 is 11.7 Å². The molecule has 0 spiro atoms. The summed E-state index contributed by atoms with van der Waals surface area (Å²) in [4.78, 5) is 25.5. The highest BCUT2D eigenvalue weighted by molar-refractivity contribution is 5.94. The molecule has 0 saturated carbocycles. The van der Waals surface area contributed by atoms with Crippen LogP contribution in [0.4, 0.5) is 5.69 Å². The molecule has 0 radical (unpaired) electrons. The molecule has 8 nitrogen and oxygen atoms in total. The molecule has 1 aliphatic rings. The Morgan fingerprint density at radius 1 is 0.932 bits per heavy atom. The van der Waals surface area contributed by atoms with E-state index in [1.807, 2.05) is 36.4 Å². The zero-order valence-corrected chi connectivity index (χ0v) is 25.0. The van der Waals surface area contributed by atoms with Crippen LogP contribution in [-0.2, 0) is 27.2 Å². The first-order valence-electron chi connectivity index (χ1n) is 15.0. The SMILES string of the molecule is COC(=O)c1ccc(-c2ccc(CCN(Cc3ccccc3)C[C@H](OC3CCCCO3)c3ccccc3)cc2)cc1[N+](=O)[O-]. The van der Waals surface area contributed by atoms with E-state index in [-0.39, 0.29) is 23.6 Å². The Morgan fingerprint density at radius 3 is 2.30 bits per heavy atom. The van der Waals surface area contributed by atoms with Gasteiger partial charge < -0.3 is 14.2 Å². The predicted octanol–water partition coefficient (Wildman–Crippen LogP) is 7.38. The van der Waals surface area contributed by atoms with Gasteiger partial charge in [-0.25, -0.2) is 4.79 Å². The van der Waals surface area contributed by atoms with Crippen LogP contribution in [0.15, 0.2) is 103 Å². The Bertz CT molecular complexity index is 1510. The van der Waals surface area contributed by atoms with Crippen molar-refractivity contribution in [2.75, 3.05) is 26.8 Å². The predicted molar refractivity (Wildman–Crippen MR) is 169 cm³/mol. The number of ether oxygens (including phenoxy) is 3. The first-order chi connectivity index (χ1) is 21.5. The number of esters is 1. The van der Waals surface area contributed by atoms with E-state index in [1.165, 1.54) is 24.8 Å². The van der Waals surface area contributed by atoms with Gasteiger partial charge in [0.15, 0.2) is 6.29 Å². The quantitative estimate of drug-likeness (QED) is 0.0906. The van der Waals surface area contributed by atoms with Crippen LogP contribution in [0.25, 0.3) is 11.1 Å². The third-order valence-corrected chi connectivity index (χ3v) is 7.90. The first-order valence-corrected chi connectivity index (χ1v) is 15.0. The van der Waals surface area contributed by atoms with Gasteiger partial charge in [-0.3, -0.25) is 15.0 Å². The molecular formula is C36H38N2O6. The lowest BCUT2D eigenvalue weighted by Crippen LogP contribution is -2.34. The molecule has 5 rings (SSSR count). The molecule has 1 saturated heterocycles. The largest absolute Gasteiger partial charge is 0.465 e. The number of carbonyl (C=O) groups is 1. The molecule has 228 valence electrons. The molecule has 0 aliphatic carbocycles. The van der Waals surface area contributed by atoms with Crippen LogP contribution in [0, 0.1) is 10.1 Å². The van der Waals surface area contributed by atoms with Crippen LogP contribution < -0.4 is 0 Å². The second-order valence-corrected chi connectivity index (χ2v) is 11.0. The summed E-state index contributed by atoms with van der Waals surface area (Å²) in [7, 11) is 1.21. The Labute approximate surface area is 258 Å². The minimum atomic E-state index is -0.732. The summed E-state index contributed by atoms with van der Waals surface area (Å²) in [6.07, 6.45) is 3.58. The van der Waals surface area contributed by atoms with E-state index in [2.05, 4.69) is 53.4 Å². The second kappa shape index (κ2) is 15.4. The Balaban J connectivity index is 1.31. The van der Waals surface area contributed by atoms with Crippen LogP contribution in [0.1, 0.15) is 52.4 Å². The first kappa shape index (κ1) is 31.1. The molecule has 0 bridgehead atoms. The number of hydrogen-bond donors (Lipinski definition) is 0. The Morgan fingerprint density at radius 2 is 1.64 bits per heavy atom. The van der Waals surface area contributed by atoms with Crippen molar-refractivity contribution in [3.8, 4) is 11.1 Å².